The molecule has 0 aliphatic rings. The summed E-state index contributed by atoms with van der Waals surface area (Å²) in [5.41, 5.74) is 2.80. The molecule has 0 aliphatic carbocycles. The maximum Gasteiger partial charge on any atom is 0.296 e. The summed E-state index contributed by atoms with van der Waals surface area (Å²) in [6, 6.07) is 27.8. The summed E-state index contributed by atoms with van der Waals surface area (Å²) in [5, 5.41) is 3.58. The minimum atomic E-state index is -3.84. The van der Waals surface area contributed by atoms with E-state index >= 15 is 0 Å². The molecule has 0 saturated heterocycles. The van der Waals surface area contributed by atoms with Crippen LogP contribution in [0.25, 0.3) is 10.9 Å². The molecule has 0 bridgehead atoms. The smallest absolute Gasteiger partial charge is 0.296 e. The number of hydrogen-bond donors (Lipinski definition) is 1. The Hall–Kier alpha value is -4.93. The fraction of sp³-hybridized carbons (Fsp3) is 0.152. The Morgan fingerprint density at radius 3 is 2.30 bits per heavy atom. The molecule has 0 fully saturated rings. The highest BCUT2D eigenvalue weighted by Crippen LogP contribution is 2.37. The Balaban J connectivity index is 1.21. The lowest BCUT2D eigenvalue weighted by atomic mass is 10.1. The zero-order valence-electron chi connectivity index (χ0n) is 23.6. The van der Waals surface area contributed by atoms with Crippen LogP contribution in [0.3, 0.4) is 0 Å². The summed E-state index contributed by atoms with van der Waals surface area (Å²) in [7, 11) is -2.30. The molecule has 9 nitrogen and oxygen atoms in total. The highest BCUT2D eigenvalue weighted by atomic mass is 32.2. The lowest BCUT2D eigenvalue weighted by molar-refractivity contribution is 0.102. The number of rotatable bonds is 12. The van der Waals surface area contributed by atoms with Crippen LogP contribution in [0.2, 0.25) is 0 Å². The molecule has 0 saturated carbocycles. The SMILES string of the molecule is COc1cc2c(Oc3ccc(NC(=O)c4ccccc4)cc3)ccnc2cc1OCCCOS(=O)(=O)c1ccc(C)cc1. The van der Waals surface area contributed by atoms with Crippen LogP contribution in [0.15, 0.2) is 108 Å². The molecule has 1 heterocycles. The number of benzene rings is 4. The third-order valence-corrected chi connectivity index (χ3v) is 7.78. The molecule has 1 N–H and O–H groups in total. The maximum atomic E-state index is 12.4. The van der Waals surface area contributed by atoms with Gasteiger partial charge in [-0.05, 0) is 67.6 Å². The molecular weight excluding hydrogens is 568 g/mol. The van der Waals surface area contributed by atoms with E-state index in [0.29, 0.717) is 51.6 Å². The van der Waals surface area contributed by atoms with Gasteiger partial charge in [0.1, 0.15) is 11.5 Å². The molecule has 10 heteroatoms. The van der Waals surface area contributed by atoms with E-state index < -0.39 is 10.1 Å². The molecule has 220 valence electrons. The average molecular weight is 599 g/mol. The largest absolute Gasteiger partial charge is 0.493 e. The van der Waals surface area contributed by atoms with Gasteiger partial charge in [-0.3, -0.25) is 14.0 Å². The third kappa shape index (κ3) is 7.48. The van der Waals surface area contributed by atoms with Gasteiger partial charge in [-0.25, -0.2) is 0 Å². The topological polar surface area (TPSA) is 113 Å². The van der Waals surface area contributed by atoms with E-state index in [-0.39, 0.29) is 24.0 Å². The predicted octanol–water partition coefficient (Wildman–Crippen LogP) is 6.77. The maximum absolute atomic E-state index is 12.4. The molecule has 0 atom stereocenters. The average Bonchev–Trinajstić information content (AvgIpc) is 3.02. The molecule has 0 spiro atoms. The van der Waals surface area contributed by atoms with Crippen molar-refractivity contribution in [2.45, 2.75) is 18.2 Å². The predicted molar refractivity (Wildman–Crippen MR) is 164 cm³/mol. The first-order valence-corrected chi connectivity index (χ1v) is 14.9. The molecule has 1 aromatic heterocycles. The number of pyridine rings is 1. The van der Waals surface area contributed by atoms with Crippen LogP contribution in [0.4, 0.5) is 5.69 Å². The first-order chi connectivity index (χ1) is 20.8. The van der Waals surface area contributed by atoms with Crippen molar-refractivity contribution >= 4 is 32.6 Å². The second-order valence-corrected chi connectivity index (χ2v) is 11.2. The molecule has 0 radical (unpaired) electrons. The number of aryl methyl sites for hydroxylation is 1. The Morgan fingerprint density at radius 1 is 0.837 bits per heavy atom. The lowest BCUT2D eigenvalue weighted by Gasteiger charge is -2.14. The Bertz CT molecular complexity index is 1810. The number of hydrogen-bond acceptors (Lipinski definition) is 8. The fourth-order valence-electron chi connectivity index (χ4n) is 4.20. The number of aromatic nitrogens is 1. The third-order valence-electron chi connectivity index (χ3n) is 6.46. The number of nitrogens with one attached hydrogen (secondary N) is 1. The molecule has 5 rings (SSSR count). The van der Waals surface area contributed by atoms with Crippen molar-refractivity contribution in [3.05, 3.63) is 114 Å². The number of carbonyl (C=O) groups excluding carboxylic acids is 1. The Kier molecular flexibility index (Phi) is 9.19. The van der Waals surface area contributed by atoms with Crippen molar-refractivity contribution in [1.82, 2.24) is 4.98 Å². The zero-order valence-corrected chi connectivity index (χ0v) is 24.5. The second kappa shape index (κ2) is 13.4. The van der Waals surface area contributed by atoms with Crippen LogP contribution < -0.4 is 19.5 Å². The summed E-state index contributed by atoms with van der Waals surface area (Å²) in [5.74, 6) is 1.87. The molecule has 5 aromatic rings. The first-order valence-electron chi connectivity index (χ1n) is 13.5. The van der Waals surface area contributed by atoms with Crippen LogP contribution in [-0.2, 0) is 14.3 Å². The van der Waals surface area contributed by atoms with Crippen molar-refractivity contribution in [2.24, 2.45) is 0 Å². The minimum Gasteiger partial charge on any atom is -0.493 e. The Labute approximate surface area is 250 Å². The van der Waals surface area contributed by atoms with Crippen LogP contribution in [-0.4, -0.2) is 39.6 Å². The minimum absolute atomic E-state index is 0.0307. The number of anilines is 1. The van der Waals surface area contributed by atoms with Crippen molar-refractivity contribution in [1.29, 1.82) is 0 Å². The van der Waals surface area contributed by atoms with E-state index in [9.17, 15) is 13.2 Å². The van der Waals surface area contributed by atoms with E-state index in [1.54, 1.807) is 72.9 Å². The number of ether oxygens (including phenoxy) is 3. The van der Waals surface area contributed by atoms with Crippen LogP contribution >= 0.6 is 0 Å². The first kappa shape index (κ1) is 29.6. The van der Waals surface area contributed by atoms with E-state index in [4.69, 9.17) is 18.4 Å². The van der Waals surface area contributed by atoms with Crippen molar-refractivity contribution in [3.63, 3.8) is 0 Å². The summed E-state index contributed by atoms with van der Waals surface area (Å²) in [6.07, 6.45) is 1.97. The van der Waals surface area contributed by atoms with E-state index in [1.165, 1.54) is 19.2 Å². The van der Waals surface area contributed by atoms with Gasteiger partial charge in [-0.2, -0.15) is 8.42 Å². The summed E-state index contributed by atoms with van der Waals surface area (Å²) in [6.45, 7) is 2.06. The summed E-state index contributed by atoms with van der Waals surface area (Å²) < 4.78 is 47.5. The lowest BCUT2D eigenvalue weighted by Crippen LogP contribution is -2.11. The van der Waals surface area contributed by atoms with Gasteiger partial charge in [0.2, 0.25) is 0 Å². The number of amides is 1. The Morgan fingerprint density at radius 2 is 1.58 bits per heavy atom. The van der Waals surface area contributed by atoms with Gasteiger partial charge in [-0.1, -0.05) is 35.9 Å². The highest BCUT2D eigenvalue weighted by molar-refractivity contribution is 7.86. The quantitative estimate of drug-likeness (QED) is 0.124. The number of carbonyl (C=O) groups is 1. The van der Waals surface area contributed by atoms with Crippen molar-refractivity contribution in [3.8, 4) is 23.0 Å². The van der Waals surface area contributed by atoms with Gasteiger partial charge >= 0.3 is 0 Å². The standard InChI is InChI=1S/C33H30N2O7S/c1-23-9-15-27(16-10-23)43(37,38)41-20-6-19-40-32-22-29-28(21-31(32)39-2)30(17-18-34-29)42-26-13-11-25(12-14-26)35-33(36)24-7-4-3-5-8-24/h3-5,7-18,21-22H,6,19-20H2,1-2H3,(H,35,36). The highest BCUT2D eigenvalue weighted by Gasteiger charge is 2.16. The molecule has 4 aromatic carbocycles. The molecule has 0 unspecified atom stereocenters. The van der Waals surface area contributed by atoms with Gasteiger partial charge in [-0.15, -0.1) is 0 Å². The van der Waals surface area contributed by atoms with Gasteiger partial charge in [0.25, 0.3) is 16.0 Å². The van der Waals surface area contributed by atoms with Crippen molar-refractivity contribution < 1.29 is 31.6 Å². The summed E-state index contributed by atoms with van der Waals surface area (Å²) >= 11 is 0. The van der Waals surface area contributed by atoms with Crippen molar-refractivity contribution in [2.75, 3.05) is 25.6 Å². The van der Waals surface area contributed by atoms with Gasteiger partial charge in [0.15, 0.2) is 11.5 Å². The summed E-state index contributed by atoms with van der Waals surface area (Å²) in [4.78, 5) is 17.0. The fourth-order valence-corrected chi connectivity index (χ4v) is 5.14. The molecule has 0 aliphatic heterocycles. The molecule has 1 amide bonds. The van der Waals surface area contributed by atoms with E-state index in [2.05, 4.69) is 10.3 Å². The monoisotopic (exact) mass is 598 g/mol. The number of methoxy groups -OCH3 is 1. The van der Waals surface area contributed by atoms with Gasteiger partial charge < -0.3 is 19.5 Å². The van der Waals surface area contributed by atoms with Crippen LogP contribution in [0, 0.1) is 6.92 Å². The number of nitrogens with zero attached hydrogens (tertiary/aromatic N) is 1. The van der Waals surface area contributed by atoms with Gasteiger partial charge in [0, 0.05) is 35.3 Å². The van der Waals surface area contributed by atoms with E-state index in [1.807, 2.05) is 25.1 Å². The second-order valence-electron chi connectivity index (χ2n) is 9.57. The number of fused-ring (bicyclic) bond motifs is 1. The molecule has 43 heavy (non-hydrogen) atoms. The van der Waals surface area contributed by atoms with Crippen LogP contribution in [0.1, 0.15) is 22.3 Å². The van der Waals surface area contributed by atoms with Crippen LogP contribution in [0.5, 0.6) is 23.0 Å². The normalized spacial score (nSPS) is 11.2. The zero-order chi connectivity index (χ0) is 30.2. The molecular formula is C33H30N2O7S. The van der Waals surface area contributed by atoms with Gasteiger partial charge in [0.05, 0.1) is 30.7 Å². The van der Waals surface area contributed by atoms with E-state index in [0.717, 1.165) is 5.56 Å².